The molecule has 2 heterocycles. The normalized spacial score (nSPS) is 14.5. The van der Waals surface area contributed by atoms with E-state index in [4.69, 9.17) is 0 Å². The average Bonchev–Trinajstić information content (AvgIpc) is 2.76. The van der Waals surface area contributed by atoms with E-state index in [0.29, 0.717) is 5.39 Å². The van der Waals surface area contributed by atoms with Crippen LogP contribution < -0.4 is 10.7 Å². The Kier molecular flexibility index (Phi) is 3.10. The van der Waals surface area contributed by atoms with Gasteiger partial charge in [-0.3, -0.25) is 9.36 Å². The number of carbonyl (C=O) groups is 1. The molecule has 2 aromatic heterocycles. The molecule has 2 aromatic rings. The first-order valence-electron chi connectivity index (χ1n) is 6.36. The van der Waals surface area contributed by atoms with Crippen molar-refractivity contribution in [2.24, 2.45) is 0 Å². The average molecular weight is 277 g/mol. The molecule has 0 aliphatic heterocycles. The maximum absolute atomic E-state index is 12.4. The molecule has 0 radical (unpaired) electrons. The second kappa shape index (κ2) is 4.77. The smallest absolute Gasteiger partial charge is 0.262 e. The molecule has 19 heavy (non-hydrogen) atoms. The first kappa shape index (κ1) is 12.3. The van der Waals surface area contributed by atoms with E-state index < -0.39 is 5.97 Å². The fourth-order valence-electron chi connectivity index (χ4n) is 2.55. The molecule has 0 amide bonds. The molecular formula is C13H13N2O3S-. The first-order chi connectivity index (χ1) is 9.16. The summed E-state index contributed by atoms with van der Waals surface area (Å²) in [6.45, 7) is 0.120. The molecule has 5 nitrogen and oxygen atoms in total. The van der Waals surface area contributed by atoms with Crippen LogP contribution in [0.3, 0.4) is 0 Å². The minimum Gasteiger partial charge on any atom is -0.550 e. The summed E-state index contributed by atoms with van der Waals surface area (Å²) in [5.74, 6) is -1.15. The van der Waals surface area contributed by atoms with E-state index in [0.717, 1.165) is 29.7 Å². The second-order valence-corrected chi connectivity index (χ2v) is 5.84. The summed E-state index contributed by atoms with van der Waals surface area (Å²) >= 11 is 1.59. The number of nitrogens with zero attached hydrogens (tertiary/aromatic N) is 2. The number of aryl methyl sites for hydroxylation is 3. The fraction of sp³-hybridized carbons (Fsp3) is 0.462. The number of hydrogen-bond acceptors (Lipinski definition) is 5. The first-order valence-corrected chi connectivity index (χ1v) is 7.18. The summed E-state index contributed by atoms with van der Waals surface area (Å²) < 4.78 is 1.37. The van der Waals surface area contributed by atoms with Crippen LogP contribution >= 0.6 is 11.3 Å². The van der Waals surface area contributed by atoms with E-state index in [1.165, 1.54) is 22.2 Å². The van der Waals surface area contributed by atoms with E-state index in [1.807, 2.05) is 0 Å². The van der Waals surface area contributed by atoms with Crippen LogP contribution in [0.5, 0.6) is 0 Å². The zero-order chi connectivity index (χ0) is 13.4. The summed E-state index contributed by atoms with van der Waals surface area (Å²) in [5.41, 5.74) is 1.01. The molecule has 3 rings (SSSR count). The topological polar surface area (TPSA) is 75.0 Å². The van der Waals surface area contributed by atoms with Crippen LogP contribution in [-0.4, -0.2) is 15.5 Å². The largest absolute Gasteiger partial charge is 0.550 e. The van der Waals surface area contributed by atoms with Gasteiger partial charge in [-0.25, -0.2) is 4.98 Å². The predicted molar refractivity (Wildman–Crippen MR) is 70.1 cm³/mol. The molecule has 0 N–H and O–H groups in total. The number of rotatable bonds is 3. The molecule has 0 atom stereocenters. The lowest BCUT2D eigenvalue weighted by Crippen LogP contribution is -2.27. The zero-order valence-corrected chi connectivity index (χ0v) is 11.2. The van der Waals surface area contributed by atoms with Gasteiger partial charge in [0.1, 0.15) is 4.83 Å². The molecule has 0 aromatic carbocycles. The highest BCUT2D eigenvalue weighted by molar-refractivity contribution is 7.18. The Balaban J connectivity index is 2.10. The van der Waals surface area contributed by atoms with Gasteiger partial charge in [-0.1, -0.05) is 0 Å². The molecule has 6 heteroatoms. The third-order valence-electron chi connectivity index (χ3n) is 3.50. The Bertz CT molecular complexity index is 702. The van der Waals surface area contributed by atoms with Gasteiger partial charge in [0.05, 0.1) is 11.7 Å². The number of carboxylic acid groups (broad SMARTS) is 1. The van der Waals surface area contributed by atoms with Crippen molar-refractivity contribution >= 4 is 27.5 Å². The van der Waals surface area contributed by atoms with E-state index in [-0.39, 0.29) is 18.5 Å². The Morgan fingerprint density at radius 1 is 1.42 bits per heavy atom. The zero-order valence-electron chi connectivity index (χ0n) is 10.3. The van der Waals surface area contributed by atoms with Crippen molar-refractivity contribution in [2.45, 2.75) is 38.6 Å². The lowest BCUT2D eigenvalue weighted by Gasteiger charge is -2.10. The number of hydrogen-bond donors (Lipinski definition) is 0. The maximum Gasteiger partial charge on any atom is 0.262 e. The van der Waals surface area contributed by atoms with Crippen LogP contribution in [0.1, 0.15) is 29.7 Å². The van der Waals surface area contributed by atoms with Gasteiger partial charge < -0.3 is 9.90 Å². The molecule has 100 valence electrons. The van der Waals surface area contributed by atoms with E-state index in [1.54, 1.807) is 11.3 Å². The second-order valence-electron chi connectivity index (χ2n) is 4.76. The predicted octanol–water partition coefficient (Wildman–Crippen LogP) is 0.477. The van der Waals surface area contributed by atoms with Gasteiger partial charge >= 0.3 is 0 Å². The number of carboxylic acids is 1. The van der Waals surface area contributed by atoms with Gasteiger partial charge in [0, 0.05) is 23.8 Å². The summed E-state index contributed by atoms with van der Waals surface area (Å²) in [5, 5.41) is 11.2. The number of aromatic nitrogens is 2. The van der Waals surface area contributed by atoms with Gasteiger partial charge in [0.25, 0.3) is 5.56 Å². The highest BCUT2D eigenvalue weighted by Crippen LogP contribution is 2.33. The fourth-order valence-corrected chi connectivity index (χ4v) is 3.77. The van der Waals surface area contributed by atoms with Crippen LogP contribution in [0.2, 0.25) is 0 Å². The van der Waals surface area contributed by atoms with Crippen molar-refractivity contribution < 1.29 is 9.90 Å². The minimum atomic E-state index is -1.15. The van der Waals surface area contributed by atoms with Crippen LogP contribution in [0.15, 0.2) is 11.1 Å². The van der Waals surface area contributed by atoms with Crippen LogP contribution in [0.25, 0.3) is 10.2 Å². The van der Waals surface area contributed by atoms with Crippen LogP contribution in [-0.2, 0) is 24.2 Å². The molecule has 0 saturated heterocycles. The van der Waals surface area contributed by atoms with Crippen LogP contribution in [0, 0.1) is 0 Å². The number of carbonyl (C=O) groups excluding carboxylic acids is 1. The molecule has 1 aliphatic carbocycles. The molecule has 0 fully saturated rings. The molecule has 0 unspecified atom stereocenters. The lowest BCUT2D eigenvalue weighted by molar-refractivity contribution is -0.305. The minimum absolute atomic E-state index is 0.120. The molecule has 0 saturated carbocycles. The monoisotopic (exact) mass is 277 g/mol. The van der Waals surface area contributed by atoms with E-state index >= 15 is 0 Å². The third-order valence-corrected chi connectivity index (χ3v) is 4.70. The van der Waals surface area contributed by atoms with E-state index in [2.05, 4.69) is 4.98 Å². The number of thiophene rings is 1. The standard InChI is InChI=1S/C13H14N2O3S/c16-10(17)5-6-15-7-14-12-11(13(15)18)8-3-1-2-4-9(8)19-12/h7H,1-6H2,(H,16,17)/p-1. The van der Waals surface area contributed by atoms with Gasteiger partial charge in [0.2, 0.25) is 0 Å². The summed E-state index contributed by atoms with van der Waals surface area (Å²) in [7, 11) is 0. The van der Waals surface area contributed by atoms with Crippen molar-refractivity contribution in [3.8, 4) is 0 Å². The van der Waals surface area contributed by atoms with Gasteiger partial charge in [-0.15, -0.1) is 11.3 Å². The number of fused-ring (bicyclic) bond motifs is 3. The Hall–Kier alpha value is -1.69. The highest BCUT2D eigenvalue weighted by Gasteiger charge is 2.19. The van der Waals surface area contributed by atoms with Crippen LogP contribution in [0.4, 0.5) is 0 Å². The Morgan fingerprint density at radius 3 is 3.00 bits per heavy atom. The van der Waals surface area contributed by atoms with Crippen molar-refractivity contribution in [2.75, 3.05) is 0 Å². The Morgan fingerprint density at radius 2 is 2.21 bits per heavy atom. The van der Waals surface area contributed by atoms with E-state index in [9.17, 15) is 14.7 Å². The van der Waals surface area contributed by atoms with Crippen molar-refractivity contribution in [3.63, 3.8) is 0 Å². The molecular weight excluding hydrogens is 264 g/mol. The lowest BCUT2D eigenvalue weighted by atomic mass is 9.97. The maximum atomic E-state index is 12.4. The van der Waals surface area contributed by atoms with Crippen molar-refractivity contribution in [1.29, 1.82) is 0 Å². The van der Waals surface area contributed by atoms with Gasteiger partial charge in [-0.2, -0.15) is 0 Å². The summed E-state index contributed by atoms with van der Waals surface area (Å²) in [6.07, 6.45) is 5.49. The van der Waals surface area contributed by atoms with Gasteiger partial charge in [0.15, 0.2) is 0 Å². The quantitative estimate of drug-likeness (QED) is 0.817. The summed E-state index contributed by atoms with van der Waals surface area (Å²) in [6, 6.07) is 0. The molecule has 0 spiro atoms. The molecule has 0 bridgehead atoms. The Labute approximate surface area is 113 Å². The van der Waals surface area contributed by atoms with Gasteiger partial charge in [-0.05, 0) is 31.2 Å². The summed E-state index contributed by atoms with van der Waals surface area (Å²) in [4.78, 5) is 29.2. The van der Waals surface area contributed by atoms with Crippen molar-refractivity contribution in [1.82, 2.24) is 9.55 Å². The number of aliphatic carboxylic acids is 1. The third kappa shape index (κ3) is 2.16. The highest BCUT2D eigenvalue weighted by atomic mass is 32.1. The molecule has 1 aliphatic rings. The SMILES string of the molecule is O=C([O-])CCn1cnc2sc3c(c2c1=O)CCCC3. The van der Waals surface area contributed by atoms with Crippen molar-refractivity contribution in [3.05, 3.63) is 27.1 Å².